The molecule has 0 saturated heterocycles. The highest BCUT2D eigenvalue weighted by atomic mass is 19.4. The van der Waals surface area contributed by atoms with E-state index in [2.05, 4.69) is 4.74 Å². The van der Waals surface area contributed by atoms with Crippen LogP contribution in [0, 0.1) is 0 Å². The molecule has 0 bridgehead atoms. The number of ether oxygens (including phenoxy) is 1. The van der Waals surface area contributed by atoms with E-state index in [9.17, 15) is 18.0 Å². The van der Waals surface area contributed by atoms with Gasteiger partial charge < -0.3 is 0 Å². The molecule has 0 spiro atoms. The van der Waals surface area contributed by atoms with Crippen LogP contribution in [-0.2, 0) is 4.74 Å². The number of rotatable bonds is 5. The van der Waals surface area contributed by atoms with E-state index in [1.54, 1.807) is 30.3 Å². The van der Waals surface area contributed by atoms with E-state index in [4.69, 9.17) is 0 Å². The van der Waals surface area contributed by atoms with E-state index in [1.165, 1.54) is 0 Å². The summed E-state index contributed by atoms with van der Waals surface area (Å²) < 4.78 is 38.4. The number of hydrogen-bond donors (Lipinski definition) is 0. The van der Waals surface area contributed by atoms with Crippen LogP contribution in [0.2, 0.25) is 0 Å². The Labute approximate surface area is 91.0 Å². The second kappa shape index (κ2) is 5.65. The monoisotopic (exact) mass is 232 g/mol. The summed E-state index contributed by atoms with van der Waals surface area (Å²) in [6, 6.07) is 8.45. The lowest BCUT2D eigenvalue weighted by molar-refractivity contribution is -0.324. The molecule has 5 heteroatoms. The SMILES string of the molecule is O=C(CCCOC(F)(F)F)c1ccccc1. The van der Waals surface area contributed by atoms with E-state index in [-0.39, 0.29) is 18.6 Å². The van der Waals surface area contributed by atoms with Gasteiger partial charge in [0.2, 0.25) is 0 Å². The van der Waals surface area contributed by atoms with Crippen LogP contribution in [0.4, 0.5) is 13.2 Å². The van der Waals surface area contributed by atoms with Gasteiger partial charge in [0.05, 0.1) is 6.61 Å². The molecule has 0 aliphatic heterocycles. The molecule has 0 aromatic heterocycles. The summed E-state index contributed by atoms with van der Waals surface area (Å²) in [5.74, 6) is -0.175. The van der Waals surface area contributed by atoms with Crippen molar-refractivity contribution in [2.45, 2.75) is 19.2 Å². The second-order valence-electron chi connectivity index (χ2n) is 3.19. The molecule has 2 nitrogen and oxygen atoms in total. The Kier molecular flexibility index (Phi) is 4.49. The molecule has 0 radical (unpaired) electrons. The largest absolute Gasteiger partial charge is 0.522 e. The summed E-state index contributed by atoms with van der Waals surface area (Å²) in [7, 11) is 0. The summed E-state index contributed by atoms with van der Waals surface area (Å²) in [4.78, 5) is 11.4. The van der Waals surface area contributed by atoms with Crippen molar-refractivity contribution in [2.75, 3.05) is 6.61 Å². The third kappa shape index (κ3) is 4.93. The average Bonchev–Trinajstić information content (AvgIpc) is 2.24. The summed E-state index contributed by atoms with van der Waals surface area (Å²) in [5, 5.41) is 0. The molecule has 1 aromatic carbocycles. The maximum absolute atomic E-state index is 11.6. The van der Waals surface area contributed by atoms with Crippen LogP contribution in [0.25, 0.3) is 0 Å². The summed E-state index contributed by atoms with van der Waals surface area (Å²) >= 11 is 0. The van der Waals surface area contributed by atoms with Gasteiger partial charge in [0.1, 0.15) is 0 Å². The van der Waals surface area contributed by atoms with Crippen molar-refractivity contribution in [1.29, 1.82) is 0 Å². The molecule has 16 heavy (non-hydrogen) atoms. The Morgan fingerprint density at radius 1 is 1.19 bits per heavy atom. The number of carbonyl (C=O) groups excluding carboxylic acids is 1. The average molecular weight is 232 g/mol. The predicted molar refractivity (Wildman–Crippen MR) is 52.0 cm³/mol. The zero-order valence-electron chi connectivity index (χ0n) is 8.46. The molecular weight excluding hydrogens is 221 g/mol. The van der Waals surface area contributed by atoms with E-state index >= 15 is 0 Å². The lowest BCUT2D eigenvalue weighted by Gasteiger charge is -2.06. The molecule has 0 saturated carbocycles. The van der Waals surface area contributed by atoms with Gasteiger partial charge in [-0.1, -0.05) is 30.3 Å². The van der Waals surface area contributed by atoms with Crippen molar-refractivity contribution in [3.8, 4) is 0 Å². The zero-order chi connectivity index (χ0) is 12.0. The molecule has 0 atom stereocenters. The Bertz CT molecular complexity index is 333. The third-order valence-corrected chi connectivity index (χ3v) is 1.91. The van der Waals surface area contributed by atoms with Crippen molar-refractivity contribution >= 4 is 5.78 Å². The smallest absolute Gasteiger partial charge is 0.294 e. The predicted octanol–water partition coefficient (Wildman–Crippen LogP) is 3.19. The number of Topliss-reactive ketones (excluding diaryl/α,β-unsaturated/α-hetero) is 1. The standard InChI is InChI=1S/C11H11F3O2/c12-11(13,14)16-8-4-7-10(15)9-5-2-1-3-6-9/h1-3,5-6H,4,7-8H2. The van der Waals surface area contributed by atoms with Crippen LogP contribution < -0.4 is 0 Å². The fourth-order valence-electron chi connectivity index (χ4n) is 1.19. The number of alkyl halides is 3. The lowest BCUT2D eigenvalue weighted by atomic mass is 10.1. The third-order valence-electron chi connectivity index (χ3n) is 1.91. The van der Waals surface area contributed by atoms with Crippen molar-refractivity contribution in [3.05, 3.63) is 35.9 Å². The van der Waals surface area contributed by atoms with E-state index in [0.717, 1.165) is 0 Å². The van der Waals surface area contributed by atoms with Gasteiger partial charge in [0.15, 0.2) is 5.78 Å². The zero-order valence-corrected chi connectivity index (χ0v) is 8.46. The van der Waals surface area contributed by atoms with Crippen molar-refractivity contribution in [1.82, 2.24) is 0 Å². The first-order valence-corrected chi connectivity index (χ1v) is 4.78. The molecule has 0 unspecified atom stereocenters. The first-order chi connectivity index (χ1) is 7.49. The van der Waals surface area contributed by atoms with E-state index in [0.29, 0.717) is 5.56 Å². The molecule has 0 aliphatic rings. The summed E-state index contributed by atoms with van der Waals surface area (Å²) in [6.07, 6.45) is -4.50. The minimum absolute atomic E-state index is 0.0556. The maximum Gasteiger partial charge on any atom is 0.522 e. The van der Waals surface area contributed by atoms with Crippen molar-refractivity contribution < 1.29 is 22.7 Å². The van der Waals surface area contributed by atoms with Crippen LogP contribution in [0.5, 0.6) is 0 Å². The summed E-state index contributed by atoms with van der Waals surface area (Å²) in [5.41, 5.74) is 0.509. The maximum atomic E-state index is 11.6. The molecule has 0 fully saturated rings. The van der Waals surface area contributed by atoms with Gasteiger partial charge in [-0.05, 0) is 6.42 Å². The van der Waals surface area contributed by atoms with Gasteiger partial charge in [0, 0.05) is 12.0 Å². The molecule has 1 aromatic rings. The summed E-state index contributed by atoms with van der Waals surface area (Å²) in [6.45, 7) is -0.484. The molecular formula is C11H11F3O2. The Morgan fingerprint density at radius 3 is 2.38 bits per heavy atom. The van der Waals surface area contributed by atoms with Gasteiger partial charge in [0.25, 0.3) is 0 Å². The number of carbonyl (C=O) groups is 1. The molecule has 0 aliphatic carbocycles. The highest BCUT2D eigenvalue weighted by molar-refractivity contribution is 5.95. The Hall–Kier alpha value is -1.36. The molecule has 0 N–H and O–H groups in total. The molecule has 0 heterocycles. The fourth-order valence-corrected chi connectivity index (χ4v) is 1.19. The second-order valence-corrected chi connectivity index (χ2v) is 3.19. The number of halogens is 3. The highest BCUT2D eigenvalue weighted by Gasteiger charge is 2.28. The van der Waals surface area contributed by atoms with Crippen LogP contribution in [0.1, 0.15) is 23.2 Å². The van der Waals surface area contributed by atoms with Crippen molar-refractivity contribution in [3.63, 3.8) is 0 Å². The topological polar surface area (TPSA) is 26.3 Å². The van der Waals surface area contributed by atoms with Gasteiger partial charge in [-0.3, -0.25) is 9.53 Å². The molecule has 1 rings (SSSR count). The van der Waals surface area contributed by atoms with Crippen LogP contribution in [0.3, 0.4) is 0 Å². The normalized spacial score (nSPS) is 11.4. The Morgan fingerprint density at radius 2 is 1.81 bits per heavy atom. The molecule has 88 valence electrons. The minimum atomic E-state index is -4.62. The van der Waals surface area contributed by atoms with Gasteiger partial charge in [-0.25, -0.2) is 0 Å². The van der Waals surface area contributed by atoms with Crippen LogP contribution >= 0.6 is 0 Å². The quantitative estimate of drug-likeness (QED) is 0.575. The number of ketones is 1. The molecule has 0 amide bonds. The fraction of sp³-hybridized carbons (Fsp3) is 0.364. The first kappa shape index (κ1) is 12.7. The lowest BCUT2D eigenvalue weighted by Crippen LogP contribution is -2.14. The Balaban J connectivity index is 2.27. The number of benzene rings is 1. The minimum Gasteiger partial charge on any atom is -0.294 e. The van der Waals surface area contributed by atoms with Crippen LogP contribution in [-0.4, -0.2) is 18.8 Å². The van der Waals surface area contributed by atoms with Gasteiger partial charge in [-0.2, -0.15) is 0 Å². The van der Waals surface area contributed by atoms with Gasteiger partial charge >= 0.3 is 6.36 Å². The highest BCUT2D eigenvalue weighted by Crippen LogP contribution is 2.16. The number of hydrogen-bond acceptors (Lipinski definition) is 2. The van der Waals surface area contributed by atoms with Crippen molar-refractivity contribution in [2.24, 2.45) is 0 Å². The van der Waals surface area contributed by atoms with E-state index < -0.39 is 13.0 Å². The van der Waals surface area contributed by atoms with E-state index in [1.807, 2.05) is 0 Å². The van der Waals surface area contributed by atoms with Crippen LogP contribution in [0.15, 0.2) is 30.3 Å². The first-order valence-electron chi connectivity index (χ1n) is 4.78. The van der Waals surface area contributed by atoms with Gasteiger partial charge in [-0.15, -0.1) is 13.2 Å².